The molecule has 0 spiro atoms. The standard InChI is InChI=1S/C10H8BrFN4/c11-7-3-6(12)1-2-9(7)16-10-8(13)4-14-5-15-10/h1-5H,13H2,(H,14,15,16). The summed E-state index contributed by atoms with van der Waals surface area (Å²) in [5, 5.41) is 2.98. The van der Waals surface area contributed by atoms with Crippen molar-refractivity contribution >= 4 is 33.1 Å². The van der Waals surface area contributed by atoms with Crippen LogP contribution in [0, 0.1) is 5.82 Å². The Morgan fingerprint density at radius 3 is 2.88 bits per heavy atom. The summed E-state index contributed by atoms with van der Waals surface area (Å²) in [5.74, 6) is 0.176. The second-order valence-electron chi connectivity index (χ2n) is 3.08. The van der Waals surface area contributed by atoms with Gasteiger partial charge >= 0.3 is 0 Å². The first-order valence-electron chi connectivity index (χ1n) is 4.44. The average Bonchev–Trinajstić information content (AvgIpc) is 2.25. The molecule has 3 N–H and O–H groups in total. The SMILES string of the molecule is Nc1cncnc1Nc1ccc(F)cc1Br. The Labute approximate surface area is 99.9 Å². The molecule has 0 saturated carbocycles. The molecule has 0 saturated heterocycles. The quantitative estimate of drug-likeness (QED) is 0.889. The lowest BCUT2D eigenvalue weighted by Crippen LogP contribution is -2.00. The van der Waals surface area contributed by atoms with E-state index in [-0.39, 0.29) is 5.82 Å². The molecule has 4 nitrogen and oxygen atoms in total. The van der Waals surface area contributed by atoms with E-state index in [9.17, 15) is 4.39 Å². The van der Waals surface area contributed by atoms with Crippen LogP contribution >= 0.6 is 15.9 Å². The highest BCUT2D eigenvalue weighted by molar-refractivity contribution is 9.10. The third kappa shape index (κ3) is 2.27. The Balaban J connectivity index is 2.31. The lowest BCUT2D eigenvalue weighted by molar-refractivity contribution is 0.627. The maximum absolute atomic E-state index is 12.9. The van der Waals surface area contributed by atoms with E-state index in [2.05, 4.69) is 31.2 Å². The molecule has 0 atom stereocenters. The number of benzene rings is 1. The van der Waals surface area contributed by atoms with Gasteiger partial charge in [0, 0.05) is 4.47 Å². The molecule has 0 unspecified atom stereocenters. The van der Waals surface area contributed by atoms with Gasteiger partial charge in [-0.2, -0.15) is 0 Å². The van der Waals surface area contributed by atoms with Crippen molar-refractivity contribution in [3.8, 4) is 0 Å². The number of nitrogen functional groups attached to an aromatic ring is 1. The molecule has 6 heteroatoms. The van der Waals surface area contributed by atoms with Gasteiger partial charge in [0.1, 0.15) is 12.1 Å². The number of nitrogens with zero attached hydrogens (tertiary/aromatic N) is 2. The summed E-state index contributed by atoms with van der Waals surface area (Å²) in [5.41, 5.74) is 6.79. The fourth-order valence-corrected chi connectivity index (χ4v) is 1.61. The van der Waals surface area contributed by atoms with Gasteiger partial charge in [-0.15, -0.1) is 0 Å². The number of rotatable bonds is 2. The minimum atomic E-state index is -0.312. The third-order valence-corrected chi connectivity index (χ3v) is 2.58. The number of anilines is 3. The van der Waals surface area contributed by atoms with Crippen LogP contribution in [0.25, 0.3) is 0 Å². The summed E-state index contributed by atoms with van der Waals surface area (Å²) in [4.78, 5) is 7.75. The summed E-state index contributed by atoms with van der Waals surface area (Å²) in [6.07, 6.45) is 2.88. The van der Waals surface area contributed by atoms with Crippen molar-refractivity contribution in [2.24, 2.45) is 0 Å². The number of nitrogens with two attached hydrogens (primary N) is 1. The van der Waals surface area contributed by atoms with Gasteiger partial charge in [0.05, 0.1) is 17.6 Å². The first kappa shape index (κ1) is 10.8. The molecule has 0 aliphatic heterocycles. The van der Waals surface area contributed by atoms with Crippen LogP contribution in [-0.2, 0) is 0 Å². The van der Waals surface area contributed by atoms with Crippen LogP contribution in [0.5, 0.6) is 0 Å². The molecule has 0 bridgehead atoms. The highest BCUT2D eigenvalue weighted by Crippen LogP contribution is 2.27. The molecule has 1 aromatic heterocycles. The number of halogens is 2. The molecule has 82 valence electrons. The summed E-state index contributed by atoms with van der Waals surface area (Å²) >= 11 is 3.24. The van der Waals surface area contributed by atoms with Crippen LogP contribution in [0.15, 0.2) is 35.2 Å². The second-order valence-corrected chi connectivity index (χ2v) is 3.93. The van der Waals surface area contributed by atoms with Crippen LogP contribution in [0.1, 0.15) is 0 Å². The molecule has 1 heterocycles. The minimum absolute atomic E-state index is 0.312. The molecule has 0 fully saturated rings. The predicted molar refractivity (Wildman–Crippen MR) is 63.8 cm³/mol. The number of aromatic nitrogens is 2. The van der Waals surface area contributed by atoms with E-state index in [0.717, 1.165) is 0 Å². The smallest absolute Gasteiger partial charge is 0.157 e. The Hall–Kier alpha value is -1.69. The predicted octanol–water partition coefficient (Wildman–Crippen LogP) is 2.70. The zero-order chi connectivity index (χ0) is 11.5. The van der Waals surface area contributed by atoms with Gasteiger partial charge in [-0.25, -0.2) is 14.4 Å². The maximum atomic E-state index is 12.9. The molecule has 0 radical (unpaired) electrons. The normalized spacial score (nSPS) is 10.1. The fourth-order valence-electron chi connectivity index (χ4n) is 1.16. The number of nitrogens with one attached hydrogen (secondary N) is 1. The molecular formula is C10H8BrFN4. The Bertz CT molecular complexity index is 518. The molecule has 2 aromatic rings. The number of hydrogen-bond donors (Lipinski definition) is 2. The van der Waals surface area contributed by atoms with Crippen molar-refractivity contribution in [1.82, 2.24) is 9.97 Å². The highest BCUT2D eigenvalue weighted by atomic mass is 79.9. The van der Waals surface area contributed by atoms with Gasteiger partial charge < -0.3 is 11.1 Å². The first-order chi connectivity index (χ1) is 7.66. The Kier molecular flexibility index (Phi) is 3.00. The summed E-state index contributed by atoms with van der Waals surface area (Å²) < 4.78 is 13.5. The monoisotopic (exact) mass is 282 g/mol. The van der Waals surface area contributed by atoms with Crippen LogP contribution in [-0.4, -0.2) is 9.97 Å². The van der Waals surface area contributed by atoms with Crippen molar-refractivity contribution < 1.29 is 4.39 Å². The van der Waals surface area contributed by atoms with Gasteiger partial charge in [0.15, 0.2) is 5.82 Å². The number of hydrogen-bond acceptors (Lipinski definition) is 4. The van der Waals surface area contributed by atoms with Gasteiger partial charge in [-0.1, -0.05) is 0 Å². The van der Waals surface area contributed by atoms with E-state index >= 15 is 0 Å². The van der Waals surface area contributed by atoms with E-state index in [1.54, 1.807) is 6.07 Å². The second kappa shape index (κ2) is 4.44. The van der Waals surface area contributed by atoms with Crippen molar-refractivity contribution in [2.45, 2.75) is 0 Å². The van der Waals surface area contributed by atoms with Crippen molar-refractivity contribution in [3.63, 3.8) is 0 Å². The third-order valence-electron chi connectivity index (χ3n) is 1.92. The van der Waals surface area contributed by atoms with Crippen molar-refractivity contribution in [2.75, 3.05) is 11.1 Å². The van der Waals surface area contributed by atoms with Crippen molar-refractivity contribution in [3.05, 3.63) is 41.0 Å². The largest absolute Gasteiger partial charge is 0.394 e. The lowest BCUT2D eigenvalue weighted by atomic mass is 10.3. The van der Waals surface area contributed by atoms with Gasteiger partial charge in [-0.05, 0) is 34.1 Å². The van der Waals surface area contributed by atoms with Gasteiger partial charge in [0.2, 0.25) is 0 Å². The summed E-state index contributed by atoms with van der Waals surface area (Å²) in [6, 6.07) is 4.31. The lowest BCUT2D eigenvalue weighted by Gasteiger charge is -2.08. The van der Waals surface area contributed by atoms with Gasteiger partial charge in [-0.3, -0.25) is 0 Å². The van der Waals surface area contributed by atoms with E-state index in [1.165, 1.54) is 24.7 Å². The minimum Gasteiger partial charge on any atom is -0.394 e. The highest BCUT2D eigenvalue weighted by Gasteiger charge is 2.04. The molecular weight excluding hydrogens is 275 g/mol. The molecule has 1 aromatic carbocycles. The average molecular weight is 283 g/mol. The van der Waals surface area contributed by atoms with Crippen LogP contribution in [0.4, 0.5) is 21.6 Å². The maximum Gasteiger partial charge on any atom is 0.157 e. The molecule has 2 rings (SSSR count). The van der Waals surface area contributed by atoms with Crippen LogP contribution < -0.4 is 11.1 Å². The van der Waals surface area contributed by atoms with Gasteiger partial charge in [0.25, 0.3) is 0 Å². The van der Waals surface area contributed by atoms with Crippen molar-refractivity contribution in [1.29, 1.82) is 0 Å². The summed E-state index contributed by atoms with van der Waals surface area (Å²) in [6.45, 7) is 0. The topological polar surface area (TPSA) is 63.8 Å². The fraction of sp³-hybridized carbons (Fsp3) is 0. The van der Waals surface area contributed by atoms with E-state index in [0.29, 0.717) is 21.7 Å². The van der Waals surface area contributed by atoms with Crippen LogP contribution in [0.3, 0.4) is 0 Å². The Morgan fingerprint density at radius 1 is 1.38 bits per heavy atom. The molecule has 0 amide bonds. The molecule has 16 heavy (non-hydrogen) atoms. The molecule has 0 aliphatic carbocycles. The zero-order valence-corrected chi connectivity index (χ0v) is 9.70. The van der Waals surface area contributed by atoms with E-state index in [4.69, 9.17) is 5.73 Å². The Morgan fingerprint density at radius 2 is 2.19 bits per heavy atom. The first-order valence-corrected chi connectivity index (χ1v) is 5.23. The van der Waals surface area contributed by atoms with E-state index < -0.39 is 0 Å². The van der Waals surface area contributed by atoms with Crippen LogP contribution in [0.2, 0.25) is 0 Å². The zero-order valence-electron chi connectivity index (χ0n) is 8.11. The molecule has 0 aliphatic rings. The summed E-state index contributed by atoms with van der Waals surface area (Å²) in [7, 11) is 0. The van der Waals surface area contributed by atoms with E-state index in [1.807, 2.05) is 0 Å².